The predicted octanol–water partition coefficient (Wildman–Crippen LogP) is 5.36. The number of fused-ring (bicyclic) bond motifs is 3. The van der Waals surface area contributed by atoms with E-state index in [0.717, 1.165) is 25.2 Å². The summed E-state index contributed by atoms with van der Waals surface area (Å²) in [5.41, 5.74) is 4.92. The van der Waals surface area contributed by atoms with Crippen molar-refractivity contribution in [2.24, 2.45) is 5.92 Å². The first-order chi connectivity index (χ1) is 14.2. The molecule has 2 unspecified atom stereocenters. The number of amides is 1. The fraction of sp³-hybridized carbons (Fsp3) is 0.269. The lowest BCUT2D eigenvalue weighted by Crippen LogP contribution is -2.44. The van der Waals surface area contributed by atoms with E-state index in [1.807, 2.05) is 17.0 Å². The van der Waals surface area contributed by atoms with Gasteiger partial charge >= 0.3 is 0 Å². The molecule has 0 bridgehead atoms. The van der Waals surface area contributed by atoms with E-state index >= 15 is 0 Å². The van der Waals surface area contributed by atoms with Gasteiger partial charge in [-0.2, -0.15) is 0 Å². The van der Waals surface area contributed by atoms with Crippen molar-refractivity contribution in [2.45, 2.75) is 32.0 Å². The Morgan fingerprint density at radius 3 is 2.24 bits per heavy atom. The van der Waals surface area contributed by atoms with Crippen molar-refractivity contribution in [1.82, 2.24) is 4.90 Å². The number of hydrogen-bond acceptors (Lipinski definition) is 2. The standard InChI is InChI=1S/C26H26N2O/c1-19(29)28-24-15-9-8-14-22(24)26-23(25(28)21-12-6-3-7-13-21)16-17-27(26)18-20-10-4-2-5-11-20/h2-15,23,25-26H,16-18H2,1H3/t23?,25-,26?/m0/s1. The zero-order chi connectivity index (χ0) is 19.8. The Balaban J connectivity index is 1.61. The fourth-order valence-electron chi connectivity index (χ4n) is 5.35. The average Bonchev–Trinajstić information content (AvgIpc) is 3.17. The highest BCUT2D eigenvalue weighted by Gasteiger charge is 2.48. The second kappa shape index (κ2) is 7.49. The number of benzene rings is 3. The number of carbonyl (C=O) groups excluding carboxylic acids is 1. The molecule has 0 aliphatic carbocycles. The first-order valence-electron chi connectivity index (χ1n) is 10.5. The minimum Gasteiger partial charge on any atom is -0.304 e. The lowest BCUT2D eigenvalue weighted by molar-refractivity contribution is -0.117. The molecule has 0 N–H and O–H groups in total. The van der Waals surface area contributed by atoms with Crippen LogP contribution in [0.15, 0.2) is 84.9 Å². The highest BCUT2D eigenvalue weighted by atomic mass is 16.2. The van der Waals surface area contributed by atoms with Crippen LogP contribution in [0.5, 0.6) is 0 Å². The zero-order valence-electron chi connectivity index (χ0n) is 16.7. The van der Waals surface area contributed by atoms with Gasteiger partial charge in [0.1, 0.15) is 0 Å². The first kappa shape index (κ1) is 18.1. The second-order valence-corrected chi connectivity index (χ2v) is 8.16. The number of nitrogens with zero attached hydrogens (tertiary/aromatic N) is 2. The molecule has 2 aliphatic heterocycles. The summed E-state index contributed by atoms with van der Waals surface area (Å²) in [5.74, 6) is 0.506. The molecular formula is C26H26N2O. The molecular weight excluding hydrogens is 356 g/mol. The van der Waals surface area contributed by atoms with Crippen molar-refractivity contribution in [3.05, 3.63) is 102 Å². The third kappa shape index (κ3) is 3.16. The predicted molar refractivity (Wildman–Crippen MR) is 116 cm³/mol. The van der Waals surface area contributed by atoms with Gasteiger partial charge in [0.05, 0.1) is 6.04 Å². The topological polar surface area (TPSA) is 23.6 Å². The Hall–Kier alpha value is -2.91. The summed E-state index contributed by atoms with van der Waals surface area (Å²) in [6.07, 6.45) is 1.09. The van der Waals surface area contributed by atoms with Crippen LogP contribution in [0.3, 0.4) is 0 Å². The molecule has 146 valence electrons. The zero-order valence-corrected chi connectivity index (χ0v) is 16.7. The quantitative estimate of drug-likeness (QED) is 0.609. The van der Waals surface area contributed by atoms with Crippen LogP contribution in [0.25, 0.3) is 0 Å². The number of likely N-dealkylation sites (tertiary alicyclic amines) is 1. The molecule has 0 saturated carbocycles. The van der Waals surface area contributed by atoms with Gasteiger partial charge in [0.2, 0.25) is 5.91 Å². The van der Waals surface area contributed by atoms with E-state index in [-0.39, 0.29) is 11.9 Å². The monoisotopic (exact) mass is 382 g/mol. The van der Waals surface area contributed by atoms with Gasteiger partial charge in [-0.15, -0.1) is 0 Å². The molecule has 1 saturated heterocycles. The molecule has 2 aliphatic rings. The van der Waals surface area contributed by atoms with Crippen molar-refractivity contribution < 1.29 is 4.79 Å². The number of anilines is 1. The van der Waals surface area contributed by atoms with Crippen molar-refractivity contribution in [3.63, 3.8) is 0 Å². The average molecular weight is 383 g/mol. The lowest BCUT2D eigenvalue weighted by atomic mass is 9.78. The van der Waals surface area contributed by atoms with Crippen LogP contribution in [0, 0.1) is 5.92 Å². The summed E-state index contributed by atoms with van der Waals surface area (Å²) in [4.78, 5) is 17.5. The molecule has 3 aromatic carbocycles. The molecule has 2 heterocycles. The van der Waals surface area contributed by atoms with E-state index in [9.17, 15) is 4.79 Å². The van der Waals surface area contributed by atoms with Crippen LogP contribution in [0.2, 0.25) is 0 Å². The van der Waals surface area contributed by atoms with Gasteiger partial charge in [-0.25, -0.2) is 0 Å². The van der Waals surface area contributed by atoms with E-state index in [2.05, 4.69) is 77.7 Å². The van der Waals surface area contributed by atoms with Gasteiger partial charge in [0, 0.05) is 31.1 Å². The van der Waals surface area contributed by atoms with Gasteiger partial charge in [0.25, 0.3) is 0 Å². The molecule has 1 amide bonds. The molecule has 3 atom stereocenters. The highest BCUT2D eigenvalue weighted by Crippen LogP contribution is 2.54. The molecule has 3 nitrogen and oxygen atoms in total. The van der Waals surface area contributed by atoms with E-state index in [1.165, 1.54) is 16.7 Å². The summed E-state index contributed by atoms with van der Waals surface area (Å²) in [7, 11) is 0. The van der Waals surface area contributed by atoms with Gasteiger partial charge in [-0.05, 0) is 35.7 Å². The molecule has 3 aromatic rings. The Kier molecular flexibility index (Phi) is 4.69. The van der Waals surface area contributed by atoms with E-state index in [4.69, 9.17) is 0 Å². The first-order valence-corrected chi connectivity index (χ1v) is 10.5. The maximum Gasteiger partial charge on any atom is 0.224 e. The summed E-state index contributed by atoms with van der Waals surface area (Å²) < 4.78 is 0. The number of rotatable bonds is 3. The normalized spacial score (nSPS) is 23.5. The molecule has 1 fully saturated rings. The van der Waals surface area contributed by atoms with Crippen molar-refractivity contribution in [1.29, 1.82) is 0 Å². The summed E-state index contributed by atoms with van der Waals surface area (Å²) in [6, 6.07) is 30.2. The minimum atomic E-state index is 0.0781. The number of para-hydroxylation sites is 1. The third-order valence-electron chi connectivity index (χ3n) is 6.46. The van der Waals surface area contributed by atoms with E-state index in [0.29, 0.717) is 12.0 Å². The van der Waals surface area contributed by atoms with Crippen molar-refractivity contribution in [3.8, 4) is 0 Å². The van der Waals surface area contributed by atoms with Gasteiger partial charge < -0.3 is 4.90 Å². The molecule has 29 heavy (non-hydrogen) atoms. The number of hydrogen-bond donors (Lipinski definition) is 0. The maximum atomic E-state index is 12.8. The third-order valence-corrected chi connectivity index (χ3v) is 6.46. The van der Waals surface area contributed by atoms with Crippen molar-refractivity contribution in [2.75, 3.05) is 11.4 Å². The Bertz CT molecular complexity index is 1000. The Labute approximate surface area is 172 Å². The van der Waals surface area contributed by atoms with Crippen LogP contribution >= 0.6 is 0 Å². The van der Waals surface area contributed by atoms with Crippen LogP contribution in [-0.4, -0.2) is 17.4 Å². The van der Waals surface area contributed by atoms with Gasteiger partial charge in [0.15, 0.2) is 0 Å². The van der Waals surface area contributed by atoms with Crippen molar-refractivity contribution >= 4 is 11.6 Å². The molecule has 3 heteroatoms. The summed E-state index contributed by atoms with van der Waals surface area (Å²) in [5, 5.41) is 0. The summed E-state index contributed by atoms with van der Waals surface area (Å²) >= 11 is 0. The Morgan fingerprint density at radius 1 is 0.862 bits per heavy atom. The van der Waals surface area contributed by atoms with Crippen LogP contribution in [-0.2, 0) is 11.3 Å². The van der Waals surface area contributed by atoms with Crippen LogP contribution in [0.4, 0.5) is 5.69 Å². The van der Waals surface area contributed by atoms with Gasteiger partial charge in [-0.1, -0.05) is 78.9 Å². The van der Waals surface area contributed by atoms with Crippen LogP contribution in [0.1, 0.15) is 42.1 Å². The van der Waals surface area contributed by atoms with E-state index in [1.54, 1.807) is 6.92 Å². The van der Waals surface area contributed by atoms with Gasteiger partial charge in [-0.3, -0.25) is 9.69 Å². The lowest BCUT2D eigenvalue weighted by Gasteiger charge is -2.45. The smallest absolute Gasteiger partial charge is 0.224 e. The summed E-state index contributed by atoms with van der Waals surface area (Å²) in [6.45, 7) is 3.69. The molecule has 0 aromatic heterocycles. The molecule has 0 radical (unpaired) electrons. The SMILES string of the molecule is CC(=O)N1c2ccccc2C2C(CCN2Cc2ccccc2)[C@@H]1c1ccccc1. The molecule has 5 rings (SSSR count). The van der Waals surface area contributed by atoms with E-state index < -0.39 is 0 Å². The highest BCUT2D eigenvalue weighted by molar-refractivity contribution is 5.94. The fourth-order valence-corrected chi connectivity index (χ4v) is 5.35. The number of carbonyl (C=O) groups is 1. The largest absolute Gasteiger partial charge is 0.304 e. The molecule has 0 spiro atoms. The Morgan fingerprint density at radius 2 is 1.52 bits per heavy atom. The second-order valence-electron chi connectivity index (χ2n) is 8.16. The minimum absolute atomic E-state index is 0.0781. The maximum absolute atomic E-state index is 12.8. The van der Waals surface area contributed by atoms with Crippen LogP contribution < -0.4 is 4.90 Å².